The van der Waals surface area contributed by atoms with Gasteiger partial charge in [0, 0.05) is 5.57 Å². The van der Waals surface area contributed by atoms with Crippen molar-refractivity contribution in [3.8, 4) is 0 Å². The fourth-order valence-corrected chi connectivity index (χ4v) is 12.0. The number of allylic oxidation sites excluding steroid dienone is 5. The van der Waals surface area contributed by atoms with E-state index in [-0.39, 0.29) is 17.2 Å². The van der Waals surface area contributed by atoms with Crippen LogP contribution in [-0.2, 0) is 4.79 Å². The Morgan fingerprint density at radius 1 is 0.932 bits per heavy atom. The van der Waals surface area contributed by atoms with Crippen LogP contribution in [0.5, 0.6) is 0 Å². The number of rotatable bonds is 8. The molecule has 0 aliphatic heterocycles. The second-order valence-electron chi connectivity index (χ2n) is 16.8. The Bertz CT molecular complexity index is 1150. The molecule has 8 unspecified atom stereocenters. The van der Waals surface area contributed by atoms with Gasteiger partial charge in [-0.05, 0) is 141 Å². The summed E-state index contributed by atoms with van der Waals surface area (Å²) in [6.07, 6.45) is 18.9. The molecule has 0 saturated heterocycles. The molecule has 4 nitrogen and oxygen atoms in total. The topological polar surface area (TPSA) is 72.5 Å². The highest BCUT2D eigenvalue weighted by molar-refractivity contribution is 5.96. The summed E-state index contributed by atoms with van der Waals surface area (Å²) in [6.45, 7) is 32.0. The molecule has 2 N–H and O–H groups in total. The van der Waals surface area contributed by atoms with E-state index < -0.39 is 0 Å². The zero-order chi connectivity index (χ0) is 33.3. The molecule has 0 spiro atoms. The number of carbonyl (C=O) groups is 1. The van der Waals surface area contributed by atoms with E-state index in [1.165, 1.54) is 82.6 Å². The van der Waals surface area contributed by atoms with E-state index >= 15 is 0 Å². The number of nitrogens with two attached hydrogens (primary N) is 1. The molecule has 0 aromatic rings. The summed E-state index contributed by atoms with van der Waals surface area (Å²) in [5.41, 5.74) is 8.63. The van der Waals surface area contributed by atoms with Gasteiger partial charge < -0.3 is 5.73 Å². The first-order valence-corrected chi connectivity index (χ1v) is 17.7. The molecule has 0 aromatic carbocycles. The van der Waals surface area contributed by atoms with Crippen molar-refractivity contribution >= 4 is 5.78 Å². The number of hydrogen-bond acceptors (Lipinski definition) is 4. The van der Waals surface area contributed by atoms with Gasteiger partial charge in [-0.3, -0.25) is 4.79 Å². The summed E-state index contributed by atoms with van der Waals surface area (Å²) < 4.78 is 0. The normalized spacial score (nSPS) is 42.0. The lowest BCUT2D eigenvalue weighted by Gasteiger charge is -2.73. The number of Topliss-reactive ketones (excluding diaryl/α,β-unsaturated/α-hetero) is 1. The van der Waals surface area contributed by atoms with Crippen molar-refractivity contribution in [1.29, 1.82) is 0 Å². The third-order valence-corrected chi connectivity index (χ3v) is 14.8. The fraction of sp³-hybridized carbons (Fsp3) is 0.775. The van der Waals surface area contributed by atoms with Crippen molar-refractivity contribution in [1.82, 2.24) is 0 Å². The van der Waals surface area contributed by atoms with Gasteiger partial charge in [0.15, 0.2) is 5.78 Å². The fourth-order valence-electron chi connectivity index (χ4n) is 12.0. The molecule has 4 aliphatic rings. The number of fused-ring (bicyclic) bond motifs is 5. The zero-order valence-corrected chi connectivity index (χ0v) is 30.1. The van der Waals surface area contributed by atoms with Crippen LogP contribution in [0.15, 0.2) is 53.9 Å². The first-order valence-electron chi connectivity index (χ1n) is 17.7. The van der Waals surface area contributed by atoms with Gasteiger partial charge >= 0.3 is 0 Å². The second-order valence-corrected chi connectivity index (χ2v) is 16.8. The van der Waals surface area contributed by atoms with Gasteiger partial charge in [-0.25, -0.2) is 0 Å². The van der Waals surface area contributed by atoms with Gasteiger partial charge in [-0.1, -0.05) is 97.9 Å². The summed E-state index contributed by atoms with van der Waals surface area (Å²) in [5, 5.41) is 3.65. The van der Waals surface area contributed by atoms with E-state index in [4.69, 9.17) is 5.73 Å². The van der Waals surface area contributed by atoms with E-state index in [2.05, 4.69) is 80.6 Å². The lowest BCUT2D eigenvalue weighted by atomic mass is 9.31. The number of nitroso groups, excluding NO2 is 1. The third kappa shape index (κ3) is 5.86. The number of hydrogen-bond donors (Lipinski definition) is 1. The SMILES string of the molecule is C=C(C)[C@H](CC)C1C2CCC3C4(C)CCC(N=O)C(C)(C)C4CCC3(C)[C@]2(C)CCC1(C)CC.C=C/C(=C\C=C/N)C(C)=O. The average Bonchev–Trinajstić information content (AvgIpc) is 2.95. The highest BCUT2D eigenvalue weighted by atomic mass is 16.3. The molecular weight excluding hydrogens is 540 g/mol. The van der Waals surface area contributed by atoms with Crippen LogP contribution in [0.25, 0.3) is 0 Å². The van der Waals surface area contributed by atoms with Gasteiger partial charge in [0.25, 0.3) is 0 Å². The number of nitrogens with zero attached hydrogens (tertiary/aromatic N) is 1. The van der Waals surface area contributed by atoms with Crippen LogP contribution in [0.3, 0.4) is 0 Å². The van der Waals surface area contributed by atoms with Gasteiger partial charge in [0.05, 0.1) is 6.04 Å². The Labute approximate surface area is 270 Å². The molecule has 0 heterocycles. The second kappa shape index (κ2) is 13.4. The van der Waals surface area contributed by atoms with E-state index in [1.807, 2.05) is 0 Å². The summed E-state index contributed by atoms with van der Waals surface area (Å²) in [6, 6.07) is -0.00735. The minimum atomic E-state index is -0.00735. The Kier molecular flexibility index (Phi) is 11.1. The standard InChI is InChI=1S/C32H55NO.C8H11NO/c1-11-22(21(3)4)27-23-13-14-25-30(8)17-16-26(33-34)28(5,6)24(30)15-18-32(25,10)31(23,9)20-19-29(27,7)12-2;1-3-8(7(2)10)5-4-6-9/h22-27H,3,11-20H2,1-2,4-10H3;3-6H,1,9H2,2H3/b;6-4-,8-5+/t22-,23?,24?,25?,26?,27?,29?,30?,31+,32?;/m0./s1. The largest absolute Gasteiger partial charge is 0.405 e. The minimum Gasteiger partial charge on any atom is -0.405 e. The molecule has 10 atom stereocenters. The zero-order valence-electron chi connectivity index (χ0n) is 30.1. The molecule has 248 valence electrons. The summed E-state index contributed by atoms with van der Waals surface area (Å²) >= 11 is 0. The van der Waals surface area contributed by atoms with Crippen LogP contribution in [0.4, 0.5) is 0 Å². The van der Waals surface area contributed by atoms with Crippen molar-refractivity contribution < 1.29 is 4.79 Å². The maximum Gasteiger partial charge on any atom is 0.159 e. The molecule has 4 heteroatoms. The van der Waals surface area contributed by atoms with E-state index in [9.17, 15) is 9.70 Å². The molecule has 0 amide bonds. The molecule has 0 bridgehead atoms. The van der Waals surface area contributed by atoms with Gasteiger partial charge in [0.1, 0.15) is 0 Å². The lowest BCUT2D eigenvalue weighted by Crippen LogP contribution is -2.66. The van der Waals surface area contributed by atoms with Crippen LogP contribution < -0.4 is 5.73 Å². The Morgan fingerprint density at radius 3 is 2.09 bits per heavy atom. The van der Waals surface area contributed by atoms with E-state index in [1.54, 1.807) is 12.2 Å². The van der Waals surface area contributed by atoms with Crippen LogP contribution in [0.1, 0.15) is 133 Å². The lowest BCUT2D eigenvalue weighted by molar-refractivity contribution is -0.241. The average molecular weight is 607 g/mol. The molecule has 44 heavy (non-hydrogen) atoms. The predicted molar refractivity (Wildman–Crippen MR) is 188 cm³/mol. The Hall–Kier alpha value is -1.97. The molecule has 4 rings (SSSR count). The Morgan fingerprint density at radius 2 is 1.59 bits per heavy atom. The van der Waals surface area contributed by atoms with Gasteiger partial charge in [-0.15, -0.1) is 0 Å². The molecular formula is C40H66N2O2. The van der Waals surface area contributed by atoms with Crippen molar-refractivity contribution in [3.63, 3.8) is 0 Å². The van der Waals surface area contributed by atoms with Crippen LogP contribution in [0, 0.1) is 61.6 Å². The van der Waals surface area contributed by atoms with Crippen molar-refractivity contribution in [3.05, 3.63) is 53.6 Å². The molecule has 4 fully saturated rings. The first kappa shape index (κ1) is 36.5. The van der Waals surface area contributed by atoms with Crippen molar-refractivity contribution in [2.75, 3.05) is 0 Å². The molecule has 4 saturated carbocycles. The Balaban J connectivity index is 0.000000456. The quantitative estimate of drug-likeness (QED) is 0.129. The summed E-state index contributed by atoms with van der Waals surface area (Å²) in [5.74, 6) is 3.59. The summed E-state index contributed by atoms with van der Waals surface area (Å²) in [7, 11) is 0. The summed E-state index contributed by atoms with van der Waals surface area (Å²) in [4.78, 5) is 22.4. The van der Waals surface area contributed by atoms with E-state index in [0.29, 0.717) is 39.1 Å². The van der Waals surface area contributed by atoms with Crippen molar-refractivity contribution in [2.45, 2.75) is 139 Å². The monoisotopic (exact) mass is 607 g/mol. The van der Waals surface area contributed by atoms with Crippen LogP contribution in [0.2, 0.25) is 0 Å². The molecule has 0 radical (unpaired) electrons. The number of ketones is 1. The molecule has 4 aliphatic carbocycles. The maximum absolute atomic E-state index is 11.8. The van der Waals surface area contributed by atoms with E-state index in [0.717, 1.165) is 24.2 Å². The first-order chi connectivity index (χ1) is 20.5. The van der Waals surface area contributed by atoms with Crippen LogP contribution >= 0.6 is 0 Å². The number of carbonyl (C=O) groups excluding carboxylic acids is 1. The van der Waals surface area contributed by atoms with Crippen LogP contribution in [-0.4, -0.2) is 11.8 Å². The smallest absolute Gasteiger partial charge is 0.159 e. The third-order valence-electron chi connectivity index (χ3n) is 14.8. The van der Waals surface area contributed by atoms with Gasteiger partial charge in [0.2, 0.25) is 0 Å². The minimum absolute atomic E-state index is 0.00639. The van der Waals surface area contributed by atoms with Gasteiger partial charge in [-0.2, -0.15) is 4.91 Å². The maximum atomic E-state index is 11.8. The van der Waals surface area contributed by atoms with Crippen molar-refractivity contribution in [2.24, 2.45) is 67.6 Å². The predicted octanol–water partition coefficient (Wildman–Crippen LogP) is 11.0. The highest BCUT2D eigenvalue weighted by Crippen LogP contribution is 2.76. The highest BCUT2D eigenvalue weighted by Gasteiger charge is 2.69. The molecule has 0 aromatic heterocycles.